The molecule has 14 heteroatoms. The molecule has 2 heterocycles. The quantitative estimate of drug-likeness (QED) is 0.568. The highest BCUT2D eigenvalue weighted by molar-refractivity contribution is 6.06. The van der Waals surface area contributed by atoms with E-state index >= 15 is 0 Å². The van der Waals surface area contributed by atoms with Crippen molar-refractivity contribution in [2.24, 2.45) is 0 Å². The van der Waals surface area contributed by atoms with Crippen LogP contribution in [0.15, 0.2) is 36.4 Å². The number of rotatable bonds is 3. The number of carbonyl (C=O) groups is 4. The summed E-state index contributed by atoms with van der Waals surface area (Å²) in [4.78, 5) is 51.9. The molecule has 1 spiro atoms. The van der Waals surface area contributed by atoms with Gasteiger partial charge in [0, 0.05) is 30.3 Å². The number of imide groups is 1. The van der Waals surface area contributed by atoms with Crippen molar-refractivity contribution >= 4 is 29.6 Å². The van der Waals surface area contributed by atoms with Gasteiger partial charge in [0.1, 0.15) is 24.7 Å². The second-order valence-electron chi connectivity index (χ2n) is 9.30. The number of hydrogen-bond donors (Lipinski definition) is 2. The highest BCUT2D eigenvalue weighted by atomic mass is 19.4. The maximum atomic E-state index is 13.9. The van der Waals surface area contributed by atoms with Crippen LogP contribution >= 0.6 is 0 Å². The first-order valence-corrected chi connectivity index (χ1v) is 11.9. The van der Waals surface area contributed by atoms with Gasteiger partial charge in [-0.25, -0.2) is 18.9 Å². The van der Waals surface area contributed by atoms with Crippen molar-refractivity contribution in [2.45, 2.75) is 37.2 Å². The topological polar surface area (TPSA) is 117 Å². The second kappa shape index (κ2) is 9.43. The lowest BCUT2D eigenvalue weighted by molar-refractivity contribution is -0.195. The molecule has 5 rings (SSSR count). The van der Waals surface area contributed by atoms with Gasteiger partial charge in [-0.2, -0.15) is 13.2 Å². The standard InChI is InChI=1S/C25H22F4N4O6/c1-30-22(36)31-16-3-4-17-13(9-16)6-7-24(17)21(35)33(23(37)39-24)11-20(34)32-10-14-8-15(26)2-5-18(14)38-12-19(32)25(27,28)29/h2-5,8-9,19H,6-7,10-12H2,1H3,(H2,30,31,36)/t19-,24-/m0/s1. The molecule has 0 radical (unpaired) electrons. The number of alkyl halides is 3. The lowest BCUT2D eigenvalue weighted by atomic mass is 9.94. The Morgan fingerprint density at radius 2 is 1.90 bits per heavy atom. The zero-order chi connectivity index (χ0) is 28.1. The van der Waals surface area contributed by atoms with Crippen LogP contribution < -0.4 is 15.4 Å². The molecular formula is C25H22F4N4O6. The normalized spacial score (nSPS) is 22.1. The third kappa shape index (κ3) is 4.59. The Kier molecular flexibility index (Phi) is 6.35. The Bertz CT molecular complexity index is 1380. The lowest BCUT2D eigenvalue weighted by Gasteiger charge is -2.31. The van der Waals surface area contributed by atoms with Crippen molar-refractivity contribution in [1.82, 2.24) is 15.1 Å². The summed E-state index contributed by atoms with van der Waals surface area (Å²) in [6.07, 6.45) is -5.72. The molecule has 0 bridgehead atoms. The van der Waals surface area contributed by atoms with E-state index in [1.54, 1.807) is 6.07 Å². The number of amides is 5. The fraction of sp³-hybridized carbons (Fsp3) is 0.360. The SMILES string of the molecule is CNC(=O)Nc1ccc2c(c1)CC[C@]21OC(=O)N(CC(=O)N2Cc3cc(F)ccc3OC[C@H]2C(F)(F)F)C1=O. The summed E-state index contributed by atoms with van der Waals surface area (Å²) in [6, 6.07) is 4.94. The largest absolute Gasteiger partial charge is 0.491 e. The third-order valence-electron chi connectivity index (χ3n) is 6.97. The van der Waals surface area contributed by atoms with Crippen LogP contribution in [0.2, 0.25) is 0 Å². The molecule has 206 valence electrons. The molecule has 2 atom stereocenters. The van der Waals surface area contributed by atoms with Gasteiger partial charge in [-0.05, 0) is 42.3 Å². The van der Waals surface area contributed by atoms with Gasteiger partial charge in [0.2, 0.25) is 11.5 Å². The first-order valence-electron chi connectivity index (χ1n) is 11.9. The van der Waals surface area contributed by atoms with E-state index in [0.29, 0.717) is 33.0 Å². The maximum Gasteiger partial charge on any atom is 0.418 e. The molecule has 1 saturated heterocycles. The molecule has 1 fully saturated rings. The molecule has 0 unspecified atom stereocenters. The molecule has 0 aromatic heterocycles. The minimum Gasteiger partial charge on any atom is -0.491 e. The number of ether oxygens (including phenoxy) is 2. The number of benzene rings is 2. The highest BCUT2D eigenvalue weighted by Crippen LogP contribution is 2.46. The number of fused-ring (bicyclic) bond motifs is 3. The number of urea groups is 1. The van der Waals surface area contributed by atoms with Gasteiger partial charge in [0.05, 0.1) is 6.54 Å². The van der Waals surface area contributed by atoms with Gasteiger partial charge in [-0.3, -0.25) is 9.59 Å². The molecule has 3 aliphatic rings. The van der Waals surface area contributed by atoms with Crippen LogP contribution in [0.3, 0.4) is 0 Å². The van der Waals surface area contributed by atoms with Crippen LogP contribution in [0.1, 0.15) is 23.1 Å². The number of aryl methyl sites for hydroxylation is 1. The summed E-state index contributed by atoms with van der Waals surface area (Å²) in [5, 5.41) is 5.00. The van der Waals surface area contributed by atoms with Gasteiger partial charge < -0.3 is 25.0 Å². The van der Waals surface area contributed by atoms with Crippen molar-refractivity contribution in [3.63, 3.8) is 0 Å². The number of nitrogens with one attached hydrogen (secondary N) is 2. The summed E-state index contributed by atoms with van der Waals surface area (Å²) in [6.45, 7) is -2.61. The first kappa shape index (κ1) is 26.3. The molecule has 10 nitrogen and oxygen atoms in total. The van der Waals surface area contributed by atoms with Crippen molar-refractivity contribution in [3.8, 4) is 5.75 Å². The highest BCUT2D eigenvalue weighted by Gasteiger charge is 2.59. The van der Waals surface area contributed by atoms with Crippen LogP contribution in [-0.2, 0) is 32.9 Å². The Balaban J connectivity index is 1.39. The second-order valence-corrected chi connectivity index (χ2v) is 9.30. The molecule has 5 amide bonds. The van der Waals surface area contributed by atoms with E-state index in [-0.39, 0.29) is 17.7 Å². The fourth-order valence-electron chi connectivity index (χ4n) is 5.05. The summed E-state index contributed by atoms with van der Waals surface area (Å²) in [5.41, 5.74) is -0.308. The van der Waals surface area contributed by atoms with Gasteiger partial charge in [-0.1, -0.05) is 6.07 Å². The van der Waals surface area contributed by atoms with Gasteiger partial charge in [0.25, 0.3) is 5.91 Å². The van der Waals surface area contributed by atoms with Crippen molar-refractivity contribution < 1.29 is 46.2 Å². The number of nitrogens with zero attached hydrogens (tertiary/aromatic N) is 2. The van der Waals surface area contributed by atoms with Crippen LogP contribution in [0.25, 0.3) is 0 Å². The van der Waals surface area contributed by atoms with Crippen molar-refractivity contribution in [1.29, 1.82) is 0 Å². The van der Waals surface area contributed by atoms with Gasteiger partial charge in [-0.15, -0.1) is 0 Å². The molecule has 2 aromatic carbocycles. The van der Waals surface area contributed by atoms with Crippen molar-refractivity contribution in [3.05, 3.63) is 58.9 Å². The predicted octanol–water partition coefficient (Wildman–Crippen LogP) is 3.05. The van der Waals surface area contributed by atoms with Crippen LogP contribution in [0, 0.1) is 5.82 Å². The Morgan fingerprint density at radius 3 is 2.62 bits per heavy atom. The van der Waals surface area contributed by atoms with Crippen LogP contribution in [0.5, 0.6) is 5.75 Å². The molecule has 2 aliphatic heterocycles. The summed E-state index contributed by atoms with van der Waals surface area (Å²) in [5.74, 6) is -2.81. The average Bonchev–Trinajstić information content (AvgIpc) is 3.25. The first-order chi connectivity index (χ1) is 18.4. The Hall–Kier alpha value is -4.36. The van der Waals surface area contributed by atoms with Crippen molar-refractivity contribution in [2.75, 3.05) is 25.5 Å². The molecule has 2 aromatic rings. The number of carbonyl (C=O) groups excluding carboxylic acids is 4. The van der Waals surface area contributed by atoms with E-state index in [2.05, 4.69) is 10.6 Å². The summed E-state index contributed by atoms with van der Waals surface area (Å²) in [7, 11) is 1.44. The summed E-state index contributed by atoms with van der Waals surface area (Å²) >= 11 is 0. The predicted molar refractivity (Wildman–Crippen MR) is 125 cm³/mol. The molecule has 2 N–H and O–H groups in total. The number of hydrogen-bond acceptors (Lipinski definition) is 6. The van der Waals surface area contributed by atoms with E-state index in [1.165, 1.54) is 25.2 Å². The van der Waals surface area contributed by atoms with Crippen LogP contribution in [0.4, 0.5) is 32.8 Å². The van der Waals surface area contributed by atoms with Gasteiger partial charge >= 0.3 is 18.3 Å². The van der Waals surface area contributed by atoms with E-state index < -0.39 is 67.3 Å². The van der Waals surface area contributed by atoms with E-state index in [9.17, 15) is 36.7 Å². The molecule has 1 aliphatic carbocycles. The average molecular weight is 550 g/mol. The smallest absolute Gasteiger partial charge is 0.418 e. The van der Waals surface area contributed by atoms with E-state index in [4.69, 9.17) is 9.47 Å². The Labute approximate surface area is 218 Å². The Morgan fingerprint density at radius 1 is 1.13 bits per heavy atom. The zero-order valence-corrected chi connectivity index (χ0v) is 20.4. The summed E-state index contributed by atoms with van der Waals surface area (Å²) < 4.78 is 66.1. The third-order valence-corrected chi connectivity index (χ3v) is 6.97. The molecule has 39 heavy (non-hydrogen) atoms. The molecular weight excluding hydrogens is 528 g/mol. The van der Waals surface area contributed by atoms with E-state index in [1.807, 2.05) is 0 Å². The van der Waals surface area contributed by atoms with Crippen LogP contribution in [-0.4, -0.2) is 66.2 Å². The zero-order valence-electron chi connectivity index (χ0n) is 20.4. The fourth-order valence-corrected chi connectivity index (χ4v) is 5.05. The minimum absolute atomic E-state index is 0.00721. The number of halogens is 4. The number of anilines is 1. The lowest BCUT2D eigenvalue weighted by Crippen LogP contribution is -2.53. The minimum atomic E-state index is -4.90. The maximum absolute atomic E-state index is 13.9. The van der Waals surface area contributed by atoms with E-state index in [0.717, 1.165) is 12.1 Å². The van der Waals surface area contributed by atoms with Gasteiger partial charge in [0.15, 0.2) is 6.04 Å². The molecule has 0 saturated carbocycles. The monoisotopic (exact) mass is 550 g/mol.